The molecule has 0 aliphatic heterocycles. The van der Waals surface area contributed by atoms with Crippen molar-refractivity contribution in [3.63, 3.8) is 0 Å². The topological polar surface area (TPSA) is 59.0 Å². The molecule has 1 unspecified atom stereocenters. The van der Waals surface area contributed by atoms with Crippen molar-refractivity contribution in [2.45, 2.75) is 33.7 Å². The molecular weight excluding hydrogens is 384 g/mol. The van der Waals surface area contributed by atoms with E-state index in [1.807, 2.05) is 42.8 Å². The van der Waals surface area contributed by atoms with Crippen molar-refractivity contribution in [3.05, 3.63) is 89.2 Å². The van der Waals surface area contributed by atoms with Crippen LogP contribution >= 0.6 is 0 Å². The van der Waals surface area contributed by atoms with Crippen LogP contribution in [0.25, 0.3) is 16.5 Å². The Morgan fingerprint density at radius 3 is 2.45 bits per heavy atom. The van der Waals surface area contributed by atoms with Crippen molar-refractivity contribution in [1.29, 1.82) is 0 Å². The lowest BCUT2D eigenvalue weighted by atomic mass is 10.00. The van der Waals surface area contributed by atoms with Gasteiger partial charge in [0, 0.05) is 6.04 Å². The molecule has 5 heteroatoms. The van der Waals surface area contributed by atoms with Crippen LogP contribution in [0.1, 0.15) is 35.5 Å². The van der Waals surface area contributed by atoms with Crippen LogP contribution in [-0.2, 0) is 4.79 Å². The Kier molecular flexibility index (Phi) is 5.87. The van der Waals surface area contributed by atoms with Crippen LogP contribution in [0.5, 0.6) is 0 Å². The number of hydrogen-bond donors (Lipinski definition) is 2. The molecule has 0 saturated carbocycles. The smallest absolute Gasteiger partial charge is 0.238 e. The number of nitrogens with one attached hydrogen (secondary N) is 2. The summed E-state index contributed by atoms with van der Waals surface area (Å²) in [5.41, 5.74) is 5.85. The molecule has 0 radical (unpaired) electrons. The monoisotopic (exact) mass is 412 g/mol. The van der Waals surface area contributed by atoms with Crippen molar-refractivity contribution in [1.82, 2.24) is 15.1 Å². The molecular formula is C26H28N4O. The van der Waals surface area contributed by atoms with Gasteiger partial charge in [-0.25, -0.2) is 4.68 Å². The lowest BCUT2D eigenvalue weighted by molar-refractivity contribution is -0.115. The number of rotatable bonds is 6. The number of anilines is 1. The molecule has 4 rings (SSSR count). The molecule has 158 valence electrons. The third-order valence-corrected chi connectivity index (χ3v) is 5.69. The second kappa shape index (κ2) is 8.74. The average molecular weight is 413 g/mol. The summed E-state index contributed by atoms with van der Waals surface area (Å²) in [6, 6.07) is 22.8. The van der Waals surface area contributed by atoms with Crippen LogP contribution in [0.3, 0.4) is 0 Å². The summed E-state index contributed by atoms with van der Waals surface area (Å²) in [6.07, 6.45) is 0. The van der Waals surface area contributed by atoms with Crippen molar-refractivity contribution in [3.8, 4) is 5.69 Å². The lowest BCUT2D eigenvalue weighted by Gasteiger charge is -2.16. The van der Waals surface area contributed by atoms with Crippen LogP contribution < -0.4 is 10.6 Å². The number of amides is 1. The molecule has 1 heterocycles. The quantitative estimate of drug-likeness (QED) is 0.455. The largest absolute Gasteiger partial charge is 0.322 e. The van der Waals surface area contributed by atoms with Crippen LogP contribution in [0.2, 0.25) is 0 Å². The van der Waals surface area contributed by atoms with E-state index >= 15 is 0 Å². The maximum Gasteiger partial charge on any atom is 0.238 e. The molecule has 0 fully saturated rings. The third-order valence-electron chi connectivity index (χ3n) is 5.69. The number of carbonyl (C=O) groups is 1. The van der Waals surface area contributed by atoms with Crippen LogP contribution in [0, 0.1) is 20.8 Å². The van der Waals surface area contributed by atoms with Crippen LogP contribution in [0.4, 0.5) is 5.69 Å². The minimum atomic E-state index is -0.0817. The van der Waals surface area contributed by atoms with Gasteiger partial charge >= 0.3 is 0 Å². The fourth-order valence-corrected chi connectivity index (χ4v) is 3.93. The van der Waals surface area contributed by atoms with Gasteiger partial charge in [0.1, 0.15) is 0 Å². The predicted molar refractivity (Wildman–Crippen MR) is 127 cm³/mol. The molecule has 2 N–H and O–H groups in total. The van der Waals surface area contributed by atoms with Gasteiger partial charge < -0.3 is 10.6 Å². The summed E-state index contributed by atoms with van der Waals surface area (Å²) < 4.78 is 1.87. The van der Waals surface area contributed by atoms with Gasteiger partial charge in [-0.05, 0) is 56.2 Å². The number of carbonyl (C=O) groups excluding carboxylic acids is 1. The van der Waals surface area contributed by atoms with Gasteiger partial charge in [-0.2, -0.15) is 5.10 Å². The summed E-state index contributed by atoms with van der Waals surface area (Å²) in [4.78, 5) is 12.7. The first kappa shape index (κ1) is 20.8. The number of benzene rings is 3. The van der Waals surface area contributed by atoms with Gasteiger partial charge in [0.25, 0.3) is 0 Å². The zero-order valence-corrected chi connectivity index (χ0v) is 18.4. The number of fused-ring (bicyclic) bond motifs is 1. The van der Waals surface area contributed by atoms with E-state index in [-0.39, 0.29) is 18.5 Å². The molecule has 31 heavy (non-hydrogen) atoms. The van der Waals surface area contributed by atoms with E-state index < -0.39 is 0 Å². The Balaban J connectivity index is 1.45. The SMILES string of the molecule is Cc1ccc(-n2nc(C)c(NC(=O)CNC(C)c3cccc4ccccc34)c2C)cc1. The standard InChI is InChI=1S/C26H28N4O/c1-17-12-14-22(15-13-17)30-20(4)26(19(3)29-30)28-25(31)16-27-18(2)23-11-7-9-21-8-5-6-10-24(21)23/h5-15,18,27H,16H2,1-4H3,(H,28,31). The normalized spacial score (nSPS) is 12.1. The molecule has 4 aromatic rings. The highest BCUT2D eigenvalue weighted by molar-refractivity contribution is 5.93. The van der Waals surface area contributed by atoms with E-state index in [0.29, 0.717) is 0 Å². The molecule has 1 atom stereocenters. The van der Waals surface area contributed by atoms with E-state index in [0.717, 1.165) is 22.8 Å². The highest BCUT2D eigenvalue weighted by Crippen LogP contribution is 2.25. The molecule has 3 aromatic carbocycles. The fraction of sp³-hybridized carbons (Fsp3) is 0.231. The zero-order chi connectivity index (χ0) is 22.0. The molecule has 0 aliphatic carbocycles. The highest BCUT2D eigenvalue weighted by Gasteiger charge is 2.16. The van der Waals surface area contributed by atoms with E-state index in [1.54, 1.807) is 0 Å². The van der Waals surface area contributed by atoms with Gasteiger partial charge in [-0.1, -0.05) is 60.2 Å². The number of nitrogens with zero attached hydrogens (tertiary/aromatic N) is 2. The first-order valence-corrected chi connectivity index (χ1v) is 10.6. The van der Waals surface area contributed by atoms with E-state index in [4.69, 9.17) is 0 Å². The van der Waals surface area contributed by atoms with Gasteiger partial charge in [-0.3, -0.25) is 4.79 Å². The minimum Gasteiger partial charge on any atom is -0.322 e. The first-order valence-electron chi connectivity index (χ1n) is 10.6. The molecule has 1 aromatic heterocycles. The van der Waals surface area contributed by atoms with Gasteiger partial charge in [0.15, 0.2) is 0 Å². The first-order chi connectivity index (χ1) is 14.9. The Morgan fingerprint density at radius 1 is 0.968 bits per heavy atom. The molecule has 1 amide bonds. The Bertz CT molecular complexity index is 1220. The maximum absolute atomic E-state index is 12.7. The third kappa shape index (κ3) is 4.37. The molecule has 0 spiro atoms. The van der Waals surface area contributed by atoms with Crippen LogP contribution in [0.15, 0.2) is 66.7 Å². The summed E-state index contributed by atoms with van der Waals surface area (Å²) in [5.74, 6) is -0.0817. The van der Waals surface area contributed by atoms with Gasteiger partial charge in [-0.15, -0.1) is 0 Å². The summed E-state index contributed by atoms with van der Waals surface area (Å²) in [5, 5.41) is 13.4. The van der Waals surface area contributed by atoms with Crippen molar-refractivity contribution >= 4 is 22.4 Å². The number of aromatic nitrogens is 2. The predicted octanol–water partition coefficient (Wildman–Crippen LogP) is 5.24. The Morgan fingerprint density at radius 2 is 1.68 bits per heavy atom. The zero-order valence-electron chi connectivity index (χ0n) is 18.4. The average Bonchev–Trinajstić information content (AvgIpc) is 3.06. The minimum absolute atomic E-state index is 0.0503. The molecule has 0 saturated heterocycles. The number of aryl methyl sites for hydroxylation is 2. The molecule has 5 nitrogen and oxygen atoms in total. The Labute approximate surface area is 183 Å². The van der Waals surface area contributed by atoms with Crippen molar-refractivity contribution in [2.24, 2.45) is 0 Å². The van der Waals surface area contributed by atoms with Crippen molar-refractivity contribution in [2.75, 3.05) is 11.9 Å². The Hall–Kier alpha value is -3.44. The fourth-order valence-electron chi connectivity index (χ4n) is 3.93. The summed E-state index contributed by atoms with van der Waals surface area (Å²) in [7, 11) is 0. The maximum atomic E-state index is 12.7. The van der Waals surface area contributed by atoms with E-state index in [1.165, 1.54) is 21.9 Å². The highest BCUT2D eigenvalue weighted by atomic mass is 16.1. The number of hydrogen-bond acceptors (Lipinski definition) is 3. The van der Waals surface area contributed by atoms with Gasteiger partial charge in [0.2, 0.25) is 5.91 Å². The summed E-state index contributed by atoms with van der Waals surface area (Å²) in [6.45, 7) is 8.25. The summed E-state index contributed by atoms with van der Waals surface area (Å²) >= 11 is 0. The second-order valence-electron chi connectivity index (χ2n) is 8.01. The van der Waals surface area contributed by atoms with Crippen molar-refractivity contribution < 1.29 is 4.79 Å². The molecule has 0 aliphatic rings. The second-order valence-corrected chi connectivity index (χ2v) is 8.01. The lowest BCUT2D eigenvalue weighted by Crippen LogP contribution is -2.30. The molecule has 0 bridgehead atoms. The van der Waals surface area contributed by atoms with E-state index in [9.17, 15) is 4.79 Å². The van der Waals surface area contributed by atoms with Gasteiger partial charge in [0.05, 0.1) is 29.3 Å². The van der Waals surface area contributed by atoms with Crippen LogP contribution in [-0.4, -0.2) is 22.2 Å². The van der Waals surface area contributed by atoms with E-state index in [2.05, 4.69) is 72.0 Å².